The van der Waals surface area contributed by atoms with E-state index < -0.39 is 0 Å². The highest BCUT2D eigenvalue weighted by Crippen LogP contribution is 2.22. The highest BCUT2D eigenvalue weighted by Gasteiger charge is 2.19. The summed E-state index contributed by atoms with van der Waals surface area (Å²) >= 11 is 0. The molecular formula is C19H20N4O2. The summed E-state index contributed by atoms with van der Waals surface area (Å²) in [7, 11) is 1.61. The molecule has 0 bridgehead atoms. The quantitative estimate of drug-likeness (QED) is 0.793. The summed E-state index contributed by atoms with van der Waals surface area (Å²) in [6, 6.07) is 7.32. The first-order valence-corrected chi connectivity index (χ1v) is 8.58. The molecule has 25 heavy (non-hydrogen) atoms. The van der Waals surface area contributed by atoms with Gasteiger partial charge in [0.15, 0.2) is 0 Å². The minimum atomic E-state index is -0.115. The van der Waals surface area contributed by atoms with Crippen molar-refractivity contribution in [3.8, 4) is 0 Å². The Bertz CT molecular complexity index is 999. The van der Waals surface area contributed by atoms with Gasteiger partial charge in [0.05, 0.1) is 12.2 Å². The van der Waals surface area contributed by atoms with Crippen molar-refractivity contribution in [3.05, 3.63) is 69.4 Å². The number of carbonyl (C=O) groups excluding carboxylic acids is 1. The molecular weight excluding hydrogens is 316 g/mol. The van der Waals surface area contributed by atoms with Gasteiger partial charge in [0, 0.05) is 30.6 Å². The van der Waals surface area contributed by atoms with E-state index in [1.54, 1.807) is 34.5 Å². The van der Waals surface area contributed by atoms with E-state index in [2.05, 4.69) is 10.4 Å². The van der Waals surface area contributed by atoms with Crippen LogP contribution in [0.15, 0.2) is 41.5 Å². The number of carbonyl (C=O) groups is 1. The number of rotatable bonds is 3. The molecule has 3 aromatic rings. The van der Waals surface area contributed by atoms with Gasteiger partial charge < -0.3 is 9.88 Å². The summed E-state index contributed by atoms with van der Waals surface area (Å²) in [4.78, 5) is 24.5. The Morgan fingerprint density at radius 1 is 1.16 bits per heavy atom. The Morgan fingerprint density at radius 2 is 1.92 bits per heavy atom. The van der Waals surface area contributed by atoms with Crippen LogP contribution in [0, 0.1) is 0 Å². The Balaban J connectivity index is 1.69. The molecule has 128 valence electrons. The van der Waals surface area contributed by atoms with Crippen molar-refractivity contribution >= 4 is 11.4 Å². The third kappa shape index (κ3) is 2.73. The predicted molar refractivity (Wildman–Crippen MR) is 95.0 cm³/mol. The van der Waals surface area contributed by atoms with Crippen LogP contribution in [0.1, 0.15) is 40.0 Å². The molecule has 0 saturated carbocycles. The largest absolute Gasteiger partial charge is 0.355 e. The number of aromatic nitrogens is 3. The van der Waals surface area contributed by atoms with Gasteiger partial charge in [-0.05, 0) is 43.4 Å². The molecule has 6 nitrogen and oxygen atoms in total. The van der Waals surface area contributed by atoms with Crippen molar-refractivity contribution in [3.63, 3.8) is 0 Å². The molecule has 1 aromatic carbocycles. The minimum Gasteiger partial charge on any atom is -0.355 e. The smallest absolute Gasteiger partial charge is 0.277 e. The Hall–Kier alpha value is -2.89. The van der Waals surface area contributed by atoms with Crippen LogP contribution in [0.3, 0.4) is 0 Å². The summed E-state index contributed by atoms with van der Waals surface area (Å²) in [5.74, 6) is -0.115. The SMILES string of the molecule is CNC(=O)c1ccc(Cn2ccn3nc4c(c3c2=O)CCCC4)cc1. The molecule has 0 spiro atoms. The zero-order valence-corrected chi connectivity index (χ0v) is 14.2. The second kappa shape index (κ2) is 6.20. The lowest BCUT2D eigenvalue weighted by atomic mass is 9.97. The Kier molecular flexibility index (Phi) is 3.87. The van der Waals surface area contributed by atoms with Gasteiger partial charge in [-0.1, -0.05) is 12.1 Å². The number of aryl methyl sites for hydroxylation is 2. The normalized spacial score (nSPS) is 13.6. The summed E-state index contributed by atoms with van der Waals surface area (Å²) in [5.41, 5.74) is 4.47. The first-order valence-electron chi connectivity index (χ1n) is 8.58. The van der Waals surface area contributed by atoms with Crippen LogP contribution in [0.2, 0.25) is 0 Å². The first-order chi connectivity index (χ1) is 12.2. The monoisotopic (exact) mass is 336 g/mol. The third-order valence-electron chi connectivity index (χ3n) is 4.83. The molecule has 0 radical (unpaired) electrons. The van der Waals surface area contributed by atoms with Crippen molar-refractivity contribution in [1.29, 1.82) is 0 Å². The molecule has 0 fully saturated rings. The summed E-state index contributed by atoms with van der Waals surface area (Å²) in [5, 5.41) is 7.16. The number of hydrogen-bond donors (Lipinski definition) is 1. The van der Waals surface area contributed by atoms with Gasteiger partial charge in [0.1, 0.15) is 5.52 Å². The molecule has 6 heteroatoms. The fraction of sp³-hybridized carbons (Fsp3) is 0.316. The van der Waals surface area contributed by atoms with E-state index >= 15 is 0 Å². The van der Waals surface area contributed by atoms with Crippen LogP contribution < -0.4 is 10.9 Å². The predicted octanol–water partition coefficient (Wildman–Crippen LogP) is 1.78. The minimum absolute atomic E-state index is 0.00599. The van der Waals surface area contributed by atoms with Crippen LogP contribution >= 0.6 is 0 Å². The lowest BCUT2D eigenvalue weighted by molar-refractivity contribution is 0.0963. The zero-order chi connectivity index (χ0) is 17.4. The van der Waals surface area contributed by atoms with Gasteiger partial charge in [0.2, 0.25) is 0 Å². The molecule has 0 unspecified atom stereocenters. The lowest BCUT2D eigenvalue weighted by Gasteiger charge is -2.10. The second-order valence-corrected chi connectivity index (χ2v) is 6.43. The Labute approximate surface area is 145 Å². The van der Waals surface area contributed by atoms with E-state index in [4.69, 9.17) is 0 Å². The topological polar surface area (TPSA) is 68.4 Å². The Morgan fingerprint density at radius 3 is 2.68 bits per heavy atom. The summed E-state index contributed by atoms with van der Waals surface area (Å²) in [6.07, 6.45) is 7.77. The van der Waals surface area contributed by atoms with Crippen molar-refractivity contribution < 1.29 is 4.79 Å². The highest BCUT2D eigenvalue weighted by atomic mass is 16.1. The van der Waals surface area contributed by atoms with E-state index in [-0.39, 0.29) is 11.5 Å². The summed E-state index contributed by atoms with van der Waals surface area (Å²) in [6.45, 7) is 0.476. The van der Waals surface area contributed by atoms with Crippen LogP contribution in [-0.2, 0) is 19.4 Å². The number of fused-ring (bicyclic) bond motifs is 3. The van der Waals surface area contributed by atoms with Crippen molar-refractivity contribution in [2.45, 2.75) is 32.2 Å². The van der Waals surface area contributed by atoms with E-state index in [0.29, 0.717) is 17.6 Å². The summed E-state index contributed by atoms with van der Waals surface area (Å²) < 4.78 is 3.43. The van der Waals surface area contributed by atoms with E-state index in [1.807, 2.05) is 18.3 Å². The van der Waals surface area contributed by atoms with Crippen molar-refractivity contribution in [2.75, 3.05) is 7.05 Å². The van der Waals surface area contributed by atoms with Gasteiger partial charge in [0.25, 0.3) is 11.5 Å². The number of amides is 1. The van der Waals surface area contributed by atoms with Gasteiger partial charge in [-0.25, -0.2) is 4.52 Å². The molecule has 1 aliphatic rings. The fourth-order valence-electron chi connectivity index (χ4n) is 3.48. The number of hydrogen-bond acceptors (Lipinski definition) is 3. The number of nitrogens with one attached hydrogen (secondary N) is 1. The first kappa shape index (κ1) is 15.6. The van der Waals surface area contributed by atoms with Crippen LogP contribution in [0.25, 0.3) is 5.52 Å². The maximum Gasteiger partial charge on any atom is 0.277 e. The maximum atomic E-state index is 12.9. The molecule has 0 saturated heterocycles. The maximum absolute atomic E-state index is 12.9. The van der Waals surface area contributed by atoms with Crippen LogP contribution in [0.4, 0.5) is 0 Å². The van der Waals surface area contributed by atoms with Crippen molar-refractivity contribution in [2.24, 2.45) is 0 Å². The third-order valence-corrected chi connectivity index (χ3v) is 4.83. The molecule has 1 aliphatic carbocycles. The van der Waals surface area contributed by atoms with Gasteiger partial charge in [-0.3, -0.25) is 9.59 Å². The molecule has 0 aliphatic heterocycles. The second-order valence-electron chi connectivity index (χ2n) is 6.43. The zero-order valence-electron chi connectivity index (χ0n) is 14.2. The molecule has 2 aromatic heterocycles. The van der Waals surface area contributed by atoms with Gasteiger partial charge >= 0.3 is 0 Å². The average Bonchev–Trinajstić information content (AvgIpc) is 3.03. The van der Waals surface area contributed by atoms with Crippen LogP contribution in [0.5, 0.6) is 0 Å². The standard InChI is InChI=1S/C19H20N4O2/c1-20-18(24)14-8-6-13(7-9-14)12-22-10-11-23-17(19(22)25)15-4-2-3-5-16(15)21-23/h6-11H,2-5,12H2,1H3,(H,20,24). The number of benzene rings is 1. The molecule has 1 N–H and O–H groups in total. The average molecular weight is 336 g/mol. The lowest BCUT2D eigenvalue weighted by Crippen LogP contribution is -2.23. The molecule has 0 atom stereocenters. The molecule has 1 amide bonds. The number of nitrogens with zero attached hydrogens (tertiary/aromatic N) is 3. The van der Waals surface area contributed by atoms with E-state index in [9.17, 15) is 9.59 Å². The molecule has 4 rings (SSSR count). The molecule has 2 heterocycles. The van der Waals surface area contributed by atoms with Crippen molar-refractivity contribution in [1.82, 2.24) is 19.5 Å². The van der Waals surface area contributed by atoms with Gasteiger partial charge in [-0.2, -0.15) is 5.10 Å². The van der Waals surface area contributed by atoms with E-state index in [1.165, 1.54) is 0 Å². The highest BCUT2D eigenvalue weighted by molar-refractivity contribution is 5.93. The van der Waals surface area contributed by atoms with Crippen LogP contribution in [-0.4, -0.2) is 27.1 Å². The van der Waals surface area contributed by atoms with E-state index in [0.717, 1.165) is 42.5 Å². The fourth-order valence-corrected chi connectivity index (χ4v) is 3.48. The van der Waals surface area contributed by atoms with Gasteiger partial charge in [-0.15, -0.1) is 0 Å².